The molecule has 35 heavy (non-hydrogen) atoms. The molecule has 1 unspecified atom stereocenters. The van der Waals surface area contributed by atoms with E-state index in [2.05, 4.69) is 31.2 Å². The van der Waals surface area contributed by atoms with Gasteiger partial charge >= 0.3 is 0 Å². The van der Waals surface area contributed by atoms with E-state index < -0.39 is 46.9 Å². The maximum absolute atomic E-state index is 14.0. The molecule has 0 saturated carbocycles. The standard InChI is InChI=1S/C23H26F3N5O3S/c1-13-7-16(31-35(3,4)33)9-19-21(13)22(28-12-27-19)30-18-6-5-15(26)8-20(18)34-14(2)23(32)29-17(10-24)11-25/h5-9,12,14,17H,3,10-11H2,1-2,4H3,(H,29,32)(H,31,33)(H,27,28,30)/t14-,35?/m1/s1. The van der Waals surface area contributed by atoms with Crippen molar-refractivity contribution in [2.45, 2.75) is 26.0 Å². The van der Waals surface area contributed by atoms with Gasteiger partial charge in [-0.05, 0) is 49.5 Å². The molecule has 0 radical (unpaired) electrons. The van der Waals surface area contributed by atoms with Crippen LogP contribution < -0.4 is 20.1 Å². The summed E-state index contributed by atoms with van der Waals surface area (Å²) in [7, 11) is -2.50. The summed E-state index contributed by atoms with van der Waals surface area (Å²) in [5.41, 5.74) is 2.19. The number of hydrogen-bond acceptors (Lipinski definition) is 6. The van der Waals surface area contributed by atoms with E-state index >= 15 is 0 Å². The highest BCUT2D eigenvalue weighted by Crippen LogP contribution is 2.33. The number of carbonyl (C=O) groups is 1. The van der Waals surface area contributed by atoms with Gasteiger partial charge in [0.1, 0.15) is 37.1 Å². The number of ether oxygens (including phenoxy) is 1. The Morgan fingerprint density at radius 3 is 2.57 bits per heavy atom. The first kappa shape index (κ1) is 26.1. The molecule has 2 atom stereocenters. The van der Waals surface area contributed by atoms with E-state index in [0.717, 1.165) is 11.6 Å². The average molecular weight is 510 g/mol. The van der Waals surface area contributed by atoms with E-state index in [4.69, 9.17) is 4.74 Å². The third kappa shape index (κ3) is 6.75. The topological polar surface area (TPSA) is 105 Å². The number of benzene rings is 2. The molecule has 3 N–H and O–H groups in total. The molecular formula is C23H26F3N5O3S. The molecule has 0 aliphatic heterocycles. The van der Waals surface area contributed by atoms with Crippen LogP contribution in [0.5, 0.6) is 5.75 Å². The number of aromatic nitrogens is 2. The minimum absolute atomic E-state index is 0.00446. The minimum atomic E-state index is -2.50. The molecule has 0 fully saturated rings. The zero-order valence-corrected chi connectivity index (χ0v) is 20.2. The van der Waals surface area contributed by atoms with Crippen molar-refractivity contribution >= 4 is 49.6 Å². The second-order valence-corrected chi connectivity index (χ2v) is 10.3. The lowest BCUT2D eigenvalue weighted by Gasteiger charge is -2.20. The van der Waals surface area contributed by atoms with Crippen molar-refractivity contribution in [3.63, 3.8) is 0 Å². The van der Waals surface area contributed by atoms with Gasteiger partial charge in [0.25, 0.3) is 5.91 Å². The van der Waals surface area contributed by atoms with E-state index in [1.54, 1.807) is 12.1 Å². The number of nitrogens with one attached hydrogen (secondary N) is 3. The van der Waals surface area contributed by atoms with Crippen LogP contribution in [0.3, 0.4) is 0 Å². The van der Waals surface area contributed by atoms with E-state index in [-0.39, 0.29) is 5.75 Å². The number of anilines is 3. The van der Waals surface area contributed by atoms with Gasteiger partial charge in [0.05, 0.1) is 17.2 Å². The first-order valence-electron chi connectivity index (χ1n) is 10.5. The van der Waals surface area contributed by atoms with Gasteiger partial charge in [-0.2, -0.15) is 0 Å². The summed E-state index contributed by atoms with van der Waals surface area (Å²) in [4.78, 5) is 20.8. The van der Waals surface area contributed by atoms with Gasteiger partial charge in [-0.1, -0.05) is 0 Å². The average Bonchev–Trinajstić information content (AvgIpc) is 2.77. The Kier molecular flexibility index (Phi) is 8.05. The predicted octanol–water partition coefficient (Wildman–Crippen LogP) is 3.69. The van der Waals surface area contributed by atoms with Crippen LogP contribution in [0.15, 0.2) is 36.7 Å². The molecule has 0 aliphatic carbocycles. The van der Waals surface area contributed by atoms with E-state index in [9.17, 15) is 22.2 Å². The van der Waals surface area contributed by atoms with Gasteiger partial charge in [0.15, 0.2) is 6.10 Å². The summed E-state index contributed by atoms with van der Waals surface area (Å²) < 4.78 is 60.0. The molecule has 2 aromatic carbocycles. The highest BCUT2D eigenvalue weighted by atomic mass is 32.2. The summed E-state index contributed by atoms with van der Waals surface area (Å²) in [5.74, 6) is 2.61. The van der Waals surface area contributed by atoms with Crippen LogP contribution in [0.4, 0.5) is 30.4 Å². The fraction of sp³-hybridized carbons (Fsp3) is 0.304. The Balaban J connectivity index is 1.92. The van der Waals surface area contributed by atoms with Crippen LogP contribution in [0, 0.1) is 12.7 Å². The van der Waals surface area contributed by atoms with Crippen molar-refractivity contribution in [3.8, 4) is 5.75 Å². The minimum Gasteiger partial charge on any atom is -0.479 e. The largest absolute Gasteiger partial charge is 0.479 e. The highest BCUT2D eigenvalue weighted by Gasteiger charge is 2.21. The van der Waals surface area contributed by atoms with Crippen LogP contribution in [-0.4, -0.2) is 57.7 Å². The van der Waals surface area contributed by atoms with E-state index in [1.165, 1.54) is 31.6 Å². The van der Waals surface area contributed by atoms with Crippen LogP contribution >= 0.6 is 0 Å². The van der Waals surface area contributed by atoms with Crippen molar-refractivity contribution in [2.75, 3.05) is 29.6 Å². The van der Waals surface area contributed by atoms with Gasteiger partial charge in [0.2, 0.25) is 0 Å². The van der Waals surface area contributed by atoms with Crippen molar-refractivity contribution in [3.05, 3.63) is 48.0 Å². The second-order valence-electron chi connectivity index (χ2n) is 8.06. The Hall–Kier alpha value is -3.54. The zero-order chi connectivity index (χ0) is 25.8. The molecule has 188 valence electrons. The number of amides is 1. The lowest BCUT2D eigenvalue weighted by molar-refractivity contribution is -0.128. The van der Waals surface area contributed by atoms with Crippen LogP contribution in [-0.2, 0) is 14.5 Å². The molecule has 0 spiro atoms. The Labute approximate surface area is 201 Å². The van der Waals surface area contributed by atoms with Crippen molar-refractivity contribution in [2.24, 2.45) is 0 Å². The molecule has 3 rings (SSSR count). The number of carbonyl (C=O) groups excluding carboxylic acids is 1. The van der Waals surface area contributed by atoms with Gasteiger partial charge in [0, 0.05) is 33.1 Å². The third-order valence-corrected chi connectivity index (χ3v) is 5.53. The first-order chi connectivity index (χ1) is 16.5. The molecule has 1 heterocycles. The third-order valence-electron chi connectivity index (χ3n) is 4.86. The maximum Gasteiger partial charge on any atom is 0.261 e. The number of nitrogens with zero attached hydrogens (tertiary/aromatic N) is 2. The highest BCUT2D eigenvalue weighted by molar-refractivity contribution is 8.00. The van der Waals surface area contributed by atoms with Crippen LogP contribution in [0.25, 0.3) is 10.9 Å². The number of fused-ring (bicyclic) bond motifs is 1. The summed E-state index contributed by atoms with van der Waals surface area (Å²) >= 11 is 0. The van der Waals surface area contributed by atoms with Gasteiger partial charge < -0.3 is 20.1 Å². The molecule has 3 aromatic rings. The molecular weight excluding hydrogens is 483 g/mol. The Morgan fingerprint density at radius 1 is 1.20 bits per heavy atom. The fourth-order valence-electron chi connectivity index (χ4n) is 3.30. The van der Waals surface area contributed by atoms with Crippen molar-refractivity contribution in [1.82, 2.24) is 15.3 Å². The number of aryl methyl sites for hydroxylation is 1. The van der Waals surface area contributed by atoms with Gasteiger partial charge in [-0.3, -0.25) is 4.79 Å². The van der Waals surface area contributed by atoms with Crippen molar-refractivity contribution < 1.29 is 26.9 Å². The molecule has 0 aliphatic rings. The lowest BCUT2D eigenvalue weighted by atomic mass is 10.1. The SMILES string of the molecule is C=S(C)(=O)Nc1cc(C)c2c(Nc3ccc(F)cc3O[C@H](C)C(=O)NC(CF)CF)ncnc2c1. The van der Waals surface area contributed by atoms with Gasteiger partial charge in [-0.25, -0.2) is 27.3 Å². The number of alkyl halides is 2. The second kappa shape index (κ2) is 10.8. The normalized spacial score (nSPS) is 13.8. The zero-order valence-electron chi connectivity index (χ0n) is 19.4. The number of rotatable bonds is 10. The maximum atomic E-state index is 14.0. The summed E-state index contributed by atoms with van der Waals surface area (Å²) in [5, 5.41) is 5.92. The van der Waals surface area contributed by atoms with E-state index in [1.807, 2.05) is 6.92 Å². The molecule has 12 heteroatoms. The first-order valence-corrected chi connectivity index (χ1v) is 12.6. The summed E-state index contributed by atoms with van der Waals surface area (Å²) in [6, 6.07) is 5.88. The lowest BCUT2D eigenvalue weighted by Crippen LogP contribution is -2.44. The van der Waals surface area contributed by atoms with Crippen molar-refractivity contribution in [1.29, 1.82) is 0 Å². The molecule has 0 saturated heterocycles. The number of halogens is 3. The smallest absolute Gasteiger partial charge is 0.261 e. The van der Waals surface area contributed by atoms with Crippen LogP contribution in [0.1, 0.15) is 12.5 Å². The molecule has 0 bridgehead atoms. The Bertz CT molecular complexity index is 1330. The fourth-order valence-corrected chi connectivity index (χ4v) is 3.92. The summed E-state index contributed by atoms with van der Waals surface area (Å²) in [6.45, 7) is 1.07. The van der Waals surface area contributed by atoms with Crippen LogP contribution in [0.2, 0.25) is 0 Å². The van der Waals surface area contributed by atoms with E-state index in [0.29, 0.717) is 28.1 Å². The molecule has 8 nitrogen and oxygen atoms in total. The number of hydrogen-bond donors (Lipinski definition) is 3. The summed E-state index contributed by atoms with van der Waals surface area (Å²) in [6.07, 6.45) is 1.64. The Morgan fingerprint density at radius 2 is 1.91 bits per heavy atom. The quantitative estimate of drug-likeness (QED) is 0.360. The van der Waals surface area contributed by atoms with Gasteiger partial charge in [-0.15, -0.1) is 0 Å². The molecule has 1 amide bonds. The predicted molar refractivity (Wildman–Crippen MR) is 133 cm³/mol. The monoisotopic (exact) mass is 509 g/mol. The molecule has 1 aromatic heterocycles.